The first-order chi connectivity index (χ1) is 12.4. The van der Waals surface area contributed by atoms with Crippen LogP contribution in [0.15, 0.2) is 59.5 Å². The van der Waals surface area contributed by atoms with Crippen molar-refractivity contribution in [3.05, 3.63) is 60.2 Å². The van der Waals surface area contributed by atoms with Crippen molar-refractivity contribution in [1.82, 2.24) is 4.31 Å². The van der Waals surface area contributed by atoms with E-state index in [-0.39, 0.29) is 16.9 Å². The molecule has 0 N–H and O–H groups in total. The average molecular weight is 374 g/mol. The summed E-state index contributed by atoms with van der Waals surface area (Å²) in [5.74, 6) is -0.261. The van der Waals surface area contributed by atoms with Gasteiger partial charge < -0.3 is 9.64 Å². The van der Waals surface area contributed by atoms with Gasteiger partial charge >= 0.3 is 0 Å². The minimum Gasteiger partial charge on any atom is -0.376 e. The largest absolute Gasteiger partial charge is 0.376 e. The number of benzene rings is 2. The summed E-state index contributed by atoms with van der Waals surface area (Å²) in [6.45, 7) is 2.84. The van der Waals surface area contributed by atoms with Crippen LogP contribution in [0, 0.1) is 0 Å². The molecule has 3 rings (SSSR count). The Morgan fingerprint density at radius 2 is 1.88 bits per heavy atom. The maximum atomic E-state index is 12.9. The fraction of sp³-hybridized carbons (Fsp3) is 0.316. The maximum Gasteiger partial charge on any atom is 0.258 e. The number of carbonyl (C=O) groups is 1. The fourth-order valence-electron chi connectivity index (χ4n) is 2.91. The van der Waals surface area contributed by atoms with Gasteiger partial charge in [0.05, 0.1) is 17.6 Å². The molecule has 138 valence electrons. The van der Waals surface area contributed by atoms with Gasteiger partial charge in [-0.05, 0) is 37.3 Å². The van der Waals surface area contributed by atoms with Gasteiger partial charge in [0.1, 0.15) is 0 Å². The fourth-order valence-corrected chi connectivity index (χ4v) is 4.45. The third-order valence-electron chi connectivity index (χ3n) is 4.37. The van der Waals surface area contributed by atoms with Crippen LogP contribution in [-0.4, -0.2) is 51.5 Å². The minimum absolute atomic E-state index is 0.124. The first-order valence-electron chi connectivity index (χ1n) is 8.44. The third-order valence-corrected chi connectivity index (χ3v) is 6.23. The van der Waals surface area contributed by atoms with Gasteiger partial charge in [0.2, 0.25) is 10.0 Å². The highest BCUT2D eigenvalue weighted by Crippen LogP contribution is 2.21. The monoisotopic (exact) mass is 374 g/mol. The molecule has 1 amide bonds. The molecule has 0 aliphatic carbocycles. The average Bonchev–Trinajstić information content (AvgIpc) is 2.67. The molecular formula is C19H22N2O4S. The number of amides is 1. The summed E-state index contributed by atoms with van der Waals surface area (Å²) in [6, 6.07) is 15.4. The summed E-state index contributed by atoms with van der Waals surface area (Å²) in [6.07, 6.45) is -0.146. The molecule has 7 heteroatoms. The van der Waals surface area contributed by atoms with E-state index in [1.54, 1.807) is 19.2 Å². The quantitative estimate of drug-likeness (QED) is 0.824. The van der Waals surface area contributed by atoms with Crippen molar-refractivity contribution in [2.45, 2.75) is 17.9 Å². The molecule has 1 heterocycles. The van der Waals surface area contributed by atoms with Gasteiger partial charge in [0.15, 0.2) is 0 Å². The van der Waals surface area contributed by atoms with E-state index in [1.807, 2.05) is 37.3 Å². The number of ether oxygens (including phenoxy) is 1. The number of para-hydroxylation sites is 1. The molecule has 1 aliphatic heterocycles. The molecule has 1 atom stereocenters. The van der Waals surface area contributed by atoms with Crippen molar-refractivity contribution in [3.8, 4) is 0 Å². The summed E-state index contributed by atoms with van der Waals surface area (Å²) in [5.41, 5.74) is 1.08. The molecule has 1 saturated heterocycles. The van der Waals surface area contributed by atoms with Crippen LogP contribution in [0.1, 0.15) is 17.3 Å². The predicted molar refractivity (Wildman–Crippen MR) is 99.8 cm³/mol. The molecule has 0 aromatic heterocycles. The molecule has 0 saturated carbocycles. The predicted octanol–water partition coefficient (Wildman–Crippen LogP) is 2.37. The topological polar surface area (TPSA) is 66.9 Å². The van der Waals surface area contributed by atoms with Gasteiger partial charge in [-0.1, -0.05) is 24.3 Å². The first kappa shape index (κ1) is 18.6. The lowest BCUT2D eigenvalue weighted by Crippen LogP contribution is -2.44. The van der Waals surface area contributed by atoms with Gasteiger partial charge in [0.25, 0.3) is 5.91 Å². The third kappa shape index (κ3) is 3.80. The number of hydrogen-bond donors (Lipinski definition) is 0. The van der Waals surface area contributed by atoms with Crippen LogP contribution in [0.3, 0.4) is 0 Å². The summed E-state index contributed by atoms with van der Waals surface area (Å²) in [7, 11) is -1.99. The van der Waals surface area contributed by atoms with E-state index in [4.69, 9.17) is 4.74 Å². The maximum absolute atomic E-state index is 12.9. The normalized spacial score (nSPS) is 18.5. The molecule has 26 heavy (non-hydrogen) atoms. The number of anilines is 1. The number of rotatable bonds is 4. The second-order valence-corrected chi connectivity index (χ2v) is 8.21. The first-order valence-corrected chi connectivity index (χ1v) is 9.88. The van der Waals surface area contributed by atoms with Crippen molar-refractivity contribution in [2.24, 2.45) is 0 Å². The van der Waals surface area contributed by atoms with E-state index in [9.17, 15) is 13.2 Å². The lowest BCUT2D eigenvalue weighted by Gasteiger charge is -2.30. The van der Waals surface area contributed by atoms with E-state index >= 15 is 0 Å². The number of hydrogen-bond acceptors (Lipinski definition) is 4. The zero-order chi connectivity index (χ0) is 18.7. The summed E-state index contributed by atoms with van der Waals surface area (Å²) < 4.78 is 32.6. The lowest BCUT2D eigenvalue weighted by molar-refractivity contribution is 0.0102. The standard InChI is InChI=1S/C19H22N2O4S/c1-15-14-21(11-12-25-15)26(23,24)18-10-6-7-16(13-18)19(22)20(2)17-8-4-3-5-9-17/h3-10,13,15H,11-12,14H2,1-2H3. The highest BCUT2D eigenvalue weighted by molar-refractivity contribution is 7.89. The lowest BCUT2D eigenvalue weighted by atomic mass is 10.2. The number of nitrogens with zero attached hydrogens (tertiary/aromatic N) is 2. The molecule has 1 fully saturated rings. The molecule has 1 unspecified atom stereocenters. The zero-order valence-corrected chi connectivity index (χ0v) is 15.6. The van der Waals surface area contributed by atoms with Crippen molar-refractivity contribution in [1.29, 1.82) is 0 Å². The second kappa shape index (κ2) is 7.57. The van der Waals surface area contributed by atoms with Gasteiger partial charge in [-0.15, -0.1) is 0 Å². The Balaban J connectivity index is 1.87. The minimum atomic E-state index is -3.66. The van der Waals surface area contributed by atoms with Crippen LogP contribution < -0.4 is 4.90 Å². The summed E-state index contributed by atoms with van der Waals surface area (Å²) >= 11 is 0. The van der Waals surface area contributed by atoms with Crippen molar-refractivity contribution in [3.63, 3.8) is 0 Å². The molecule has 0 radical (unpaired) electrons. The van der Waals surface area contributed by atoms with Crippen LogP contribution >= 0.6 is 0 Å². The summed E-state index contributed by atoms with van der Waals surface area (Å²) in [4.78, 5) is 14.4. The Hall–Kier alpha value is -2.22. The van der Waals surface area contributed by atoms with Crippen molar-refractivity contribution < 1.29 is 17.9 Å². The van der Waals surface area contributed by atoms with Crippen LogP contribution in [0.4, 0.5) is 5.69 Å². The molecule has 0 bridgehead atoms. The van der Waals surface area contributed by atoms with Gasteiger partial charge in [0, 0.05) is 31.4 Å². The van der Waals surface area contributed by atoms with Gasteiger partial charge in [-0.3, -0.25) is 4.79 Å². The Kier molecular flexibility index (Phi) is 5.41. The van der Waals surface area contributed by atoms with E-state index < -0.39 is 10.0 Å². The molecule has 1 aliphatic rings. The van der Waals surface area contributed by atoms with Crippen molar-refractivity contribution in [2.75, 3.05) is 31.6 Å². The number of sulfonamides is 1. The van der Waals surface area contributed by atoms with Crippen LogP contribution in [0.5, 0.6) is 0 Å². The van der Waals surface area contributed by atoms with E-state index in [0.29, 0.717) is 25.3 Å². The Morgan fingerprint density at radius 3 is 2.58 bits per heavy atom. The van der Waals surface area contributed by atoms with Crippen LogP contribution in [-0.2, 0) is 14.8 Å². The summed E-state index contributed by atoms with van der Waals surface area (Å²) in [5, 5.41) is 0. The Labute approximate surface area is 154 Å². The van der Waals surface area contributed by atoms with E-state index in [2.05, 4.69) is 0 Å². The highest BCUT2D eigenvalue weighted by atomic mass is 32.2. The highest BCUT2D eigenvalue weighted by Gasteiger charge is 2.29. The smallest absolute Gasteiger partial charge is 0.258 e. The molecular weight excluding hydrogens is 352 g/mol. The van der Waals surface area contributed by atoms with Crippen LogP contribution in [0.2, 0.25) is 0 Å². The Bertz CT molecular complexity index is 883. The number of carbonyl (C=O) groups excluding carboxylic acids is 1. The second-order valence-electron chi connectivity index (χ2n) is 6.27. The molecule has 6 nitrogen and oxygen atoms in total. The SMILES string of the molecule is CC1CN(S(=O)(=O)c2cccc(C(=O)N(C)c3ccccc3)c2)CCO1. The molecule has 2 aromatic carbocycles. The molecule has 0 spiro atoms. The van der Waals surface area contributed by atoms with Gasteiger partial charge in [-0.25, -0.2) is 8.42 Å². The van der Waals surface area contributed by atoms with Gasteiger partial charge in [-0.2, -0.15) is 4.31 Å². The molecule has 2 aromatic rings. The van der Waals surface area contributed by atoms with Crippen molar-refractivity contribution >= 4 is 21.6 Å². The zero-order valence-electron chi connectivity index (χ0n) is 14.8. The Morgan fingerprint density at radius 1 is 1.15 bits per heavy atom. The van der Waals surface area contributed by atoms with E-state index in [1.165, 1.54) is 21.3 Å². The van der Waals surface area contributed by atoms with Crippen LogP contribution in [0.25, 0.3) is 0 Å². The van der Waals surface area contributed by atoms with E-state index in [0.717, 1.165) is 5.69 Å². The number of morpholine rings is 1.